The number of likely N-dealkylation sites (N-methyl/N-ethyl adjacent to an activating group) is 1. The van der Waals surface area contributed by atoms with Gasteiger partial charge in [-0.05, 0) is 56.7 Å². The van der Waals surface area contributed by atoms with Gasteiger partial charge in [0.15, 0.2) is 0 Å². The number of thioether (sulfide) groups is 1. The lowest BCUT2D eigenvalue weighted by molar-refractivity contribution is -0.888. The number of nitrogens with one attached hydrogen (secondary N) is 3. The summed E-state index contributed by atoms with van der Waals surface area (Å²) < 4.78 is 57.6. The Bertz CT molecular complexity index is 2350. The number of quaternary nitrogens is 1. The first-order chi connectivity index (χ1) is 45.2. The summed E-state index contributed by atoms with van der Waals surface area (Å²) in [4.78, 5) is 40.5. The van der Waals surface area contributed by atoms with Gasteiger partial charge in [0.2, 0.25) is 5.91 Å². The Kier molecular flexibility index (Phi) is 46.9. The Hall–Kier alpha value is -2.49. The topological polar surface area (TPSA) is 176 Å². The number of anilines is 1. The average molecular weight is 1380 g/mol. The quantitative estimate of drug-likeness (QED) is 0.0188. The second-order valence-electron chi connectivity index (χ2n) is 27.4. The molecule has 93 heavy (non-hydrogen) atoms. The van der Waals surface area contributed by atoms with E-state index in [0.717, 1.165) is 84.8 Å². The fraction of sp³-hybridized carbons (Fsp3) is 0.824. The van der Waals surface area contributed by atoms with Crippen LogP contribution in [-0.4, -0.2) is 165 Å². The van der Waals surface area contributed by atoms with Crippen molar-refractivity contribution >= 4 is 77.7 Å². The van der Waals surface area contributed by atoms with Crippen LogP contribution in [0.25, 0.3) is 15.5 Å². The predicted octanol–water partition coefficient (Wildman–Crippen LogP) is 17.9. The molecule has 0 aromatic heterocycles. The number of hydrogen-bond donors (Lipinski definition) is 3. The van der Waals surface area contributed by atoms with Crippen molar-refractivity contribution in [3.05, 3.63) is 41.1 Å². The second kappa shape index (κ2) is 52.6. The number of amides is 3. The van der Waals surface area contributed by atoms with E-state index in [1.54, 1.807) is 18.2 Å². The monoisotopic (exact) mass is 1380 g/mol. The average Bonchev–Trinajstić information content (AvgIpc) is 1.62. The Labute approximate surface area is 579 Å². The zero-order valence-corrected chi connectivity index (χ0v) is 62.6. The van der Waals surface area contributed by atoms with E-state index in [-0.39, 0.29) is 59.8 Å². The molecule has 0 bridgehead atoms. The molecule has 2 aromatic rings. The molecular formula is C74H132N6O9S4. The van der Waals surface area contributed by atoms with Crippen LogP contribution in [0, 0.1) is 0 Å². The molecule has 15 nitrogen and oxygen atoms in total. The highest BCUT2D eigenvalue weighted by Gasteiger charge is 2.42. The number of esters is 1. The minimum absolute atomic E-state index is 0.0219. The van der Waals surface area contributed by atoms with Crippen molar-refractivity contribution in [2.75, 3.05) is 110 Å². The number of urea groups is 1. The molecule has 0 radical (unpaired) electrons. The van der Waals surface area contributed by atoms with Crippen molar-refractivity contribution in [1.82, 2.24) is 16.0 Å². The third kappa shape index (κ3) is 38.5. The van der Waals surface area contributed by atoms with E-state index in [4.69, 9.17) is 18.9 Å². The van der Waals surface area contributed by atoms with Crippen LogP contribution in [-0.2, 0) is 38.6 Å². The molecule has 536 valence electrons. The molecular weight excluding hydrogens is 1250 g/mol. The third-order valence-electron chi connectivity index (χ3n) is 18.4. The summed E-state index contributed by atoms with van der Waals surface area (Å²) in [6.45, 7) is 9.63. The first kappa shape index (κ1) is 82.9. The van der Waals surface area contributed by atoms with E-state index in [1.807, 2.05) is 64.5 Å². The van der Waals surface area contributed by atoms with Gasteiger partial charge in [0, 0.05) is 80.1 Å². The van der Waals surface area contributed by atoms with Gasteiger partial charge in [-0.2, -0.15) is 11.8 Å². The number of hydrogen-bond acceptors (Lipinski definition) is 13. The van der Waals surface area contributed by atoms with Gasteiger partial charge in [0.1, 0.15) is 16.6 Å². The standard InChI is InChI=1S/C74H132N6O9S4/c1-7-9-11-13-15-17-19-21-23-25-27-29-31-33-35-39-54-87-60-63(88-55-40-36-34-32-30-28-26-24-22-20-18-16-14-12-10-8-2)61-92-91-58-52-80(5,6)51-57-86-53-41-42-56-89-73(82)66(59-75-71(81)50-38-37-48-69-72-67(62-90-69)76-74(83)77-72)78-93(84,85)70-49-44-45-64-65(70)46-43-47-68(64)79(3)4/h43-47,49,63,66-67,69,72H,7-42,48,50-62H2,1-6H3,(H,75,81)(H2,76,77,83)/t63?,66-,67-,69-,72-/m0/s1. The molecule has 0 saturated carbocycles. The molecule has 2 fully saturated rings. The van der Waals surface area contributed by atoms with Gasteiger partial charge in [-0.25, -0.2) is 13.2 Å². The zero-order chi connectivity index (χ0) is 66.9. The summed E-state index contributed by atoms with van der Waals surface area (Å²) in [5, 5.41) is 10.2. The molecule has 4 rings (SSSR count). The van der Waals surface area contributed by atoms with E-state index < -0.39 is 22.0 Å². The van der Waals surface area contributed by atoms with Crippen LogP contribution in [0.1, 0.15) is 258 Å². The number of nitrogens with zero attached hydrogens (tertiary/aromatic N) is 3. The van der Waals surface area contributed by atoms with Crippen LogP contribution in [0.4, 0.5) is 10.5 Å². The van der Waals surface area contributed by atoms with Crippen molar-refractivity contribution < 1.29 is 46.2 Å². The lowest BCUT2D eigenvalue weighted by Crippen LogP contribution is -2.44. The number of fused-ring (bicyclic) bond motifs is 2. The molecule has 19 heteroatoms. The van der Waals surface area contributed by atoms with Crippen molar-refractivity contribution in [2.45, 2.75) is 292 Å². The van der Waals surface area contributed by atoms with Gasteiger partial charge in [-0.3, -0.25) is 9.59 Å². The number of benzene rings is 2. The molecule has 0 aliphatic carbocycles. The van der Waals surface area contributed by atoms with Crippen LogP contribution >= 0.6 is 33.3 Å². The number of rotatable bonds is 63. The largest absolute Gasteiger partial charge is 0.531 e. The van der Waals surface area contributed by atoms with Gasteiger partial charge >= 0.3 is 6.03 Å². The lowest BCUT2D eigenvalue weighted by atomic mass is 10.0. The van der Waals surface area contributed by atoms with E-state index in [1.165, 1.54) is 199 Å². The van der Waals surface area contributed by atoms with Gasteiger partial charge < -0.3 is 49.0 Å². The fourth-order valence-electron chi connectivity index (χ4n) is 12.4. The predicted molar refractivity (Wildman–Crippen MR) is 397 cm³/mol. The molecule has 2 aliphatic rings. The summed E-state index contributed by atoms with van der Waals surface area (Å²) in [7, 11) is 7.74. The summed E-state index contributed by atoms with van der Waals surface area (Å²) in [6.07, 6.45) is 47.6. The SMILES string of the molecule is CCCCCCCCCCCCCCCCCCOCC(CSSCC[N+](C)(C)CCOCCCCOC(=O)[C@H](CNC(=O)CCCC[C@@H]1SC[C@@H]2NC(=O)N[C@@H]21)[N-]S(=O)(=O)c1cccc2c(N(C)C)cccc12)OCCCCCCCCCCCCCCCCCC. The summed E-state index contributed by atoms with van der Waals surface area (Å²) >= 11 is 1.83. The van der Waals surface area contributed by atoms with Crippen LogP contribution in [0.15, 0.2) is 41.3 Å². The molecule has 0 spiro atoms. The van der Waals surface area contributed by atoms with Crippen LogP contribution in [0.3, 0.4) is 0 Å². The summed E-state index contributed by atoms with van der Waals surface area (Å²) in [5.74, 6) is 1.70. The first-order valence-electron chi connectivity index (χ1n) is 37.4. The van der Waals surface area contributed by atoms with Crippen molar-refractivity contribution in [3.8, 4) is 0 Å². The first-order valence-corrected chi connectivity index (χ1v) is 42.3. The second-order valence-corrected chi connectivity index (χ2v) is 32.9. The minimum Gasteiger partial charge on any atom is -0.531 e. The highest BCUT2D eigenvalue weighted by Crippen LogP contribution is 2.35. The minimum atomic E-state index is -4.38. The van der Waals surface area contributed by atoms with Crippen molar-refractivity contribution in [1.29, 1.82) is 0 Å². The Morgan fingerprint density at radius 1 is 0.634 bits per heavy atom. The molecule has 2 aliphatic heterocycles. The number of carbonyl (C=O) groups is 3. The molecule has 2 saturated heterocycles. The van der Waals surface area contributed by atoms with E-state index in [0.29, 0.717) is 44.5 Å². The molecule has 1 unspecified atom stereocenters. The summed E-state index contributed by atoms with van der Waals surface area (Å²) in [5.41, 5.74) is 0.844. The van der Waals surface area contributed by atoms with Crippen LogP contribution in [0.5, 0.6) is 0 Å². The van der Waals surface area contributed by atoms with E-state index >= 15 is 0 Å². The normalized spacial score (nSPS) is 16.4. The summed E-state index contributed by atoms with van der Waals surface area (Å²) in [6, 6.07) is 9.09. The van der Waals surface area contributed by atoms with Crippen LogP contribution in [0.2, 0.25) is 0 Å². The fourth-order valence-corrected chi connectivity index (χ4v) is 17.7. The Balaban J connectivity index is 1.11. The van der Waals surface area contributed by atoms with Crippen molar-refractivity contribution in [3.63, 3.8) is 0 Å². The number of sulfonamides is 1. The third-order valence-corrected chi connectivity index (χ3v) is 23.8. The molecule has 3 amide bonds. The molecule has 3 N–H and O–H groups in total. The van der Waals surface area contributed by atoms with Gasteiger partial charge in [-0.15, -0.1) is 0 Å². The zero-order valence-electron chi connectivity index (χ0n) is 59.4. The van der Waals surface area contributed by atoms with E-state index in [9.17, 15) is 22.8 Å². The highest BCUT2D eigenvalue weighted by atomic mass is 33.1. The highest BCUT2D eigenvalue weighted by molar-refractivity contribution is 8.76. The van der Waals surface area contributed by atoms with Crippen LogP contribution < -0.4 is 20.9 Å². The lowest BCUT2D eigenvalue weighted by Gasteiger charge is -2.30. The molecule has 2 heterocycles. The van der Waals surface area contributed by atoms with Gasteiger partial charge in [-0.1, -0.05) is 259 Å². The maximum absolute atomic E-state index is 14.1. The molecule has 5 atom stereocenters. The number of unbranched alkanes of at least 4 members (excludes halogenated alkanes) is 32. The Morgan fingerprint density at radius 3 is 1.75 bits per heavy atom. The maximum atomic E-state index is 14.1. The van der Waals surface area contributed by atoms with E-state index in [2.05, 4.69) is 48.6 Å². The number of carbonyl (C=O) groups excluding carboxylic acids is 3. The van der Waals surface area contributed by atoms with Crippen molar-refractivity contribution in [2.24, 2.45) is 0 Å². The smallest absolute Gasteiger partial charge is 0.315 e. The molecule has 2 aromatic carbocycles. The number of ether oxygens (including phenoxy) is 4. The van der Waals surface area contributed by atoms with Gasteiger partial charge in [0.05, 0.1) is 69.3 Å². The Morgan fingerprint density at radius 2 is 1.16 bits per heavy atom. The maximum Gasteiger partial charge on any atom is 0.315 e. The van der Waals surface area contributed by atoms with Gasteiger partial charge in [0.25, 0.3) is 5.97 Å².